The van der Waals surface area contributed by atoms with E-state index in [0.29, 0.717) is 5.92 Å². The Balaban J connectivity index is 1.91. The van der Waals surface area contributed by atoms with Gasteiger partial charge in [-0.15, -0.1) is 0 Å². The molecule has 0 saturated heterocycles. The first-order valence-electron chi connectivity index (χ1n) is 6.51. The molecule has 1 saturated carbocycles. The van der Waals surface area contributed by atoms with Crippen molar-refractivity contribution in [3.8, 4) is 0 Å². The molecule has 1 aliphatic heterocycles. The molecule has 2 atom stereocenters. The lowest BCUT2D eigenvalue weighted by atomic mass is 10.2. The van der Waals surface area contributed by atoms with Crippen molar-refractivity contribution in [3.05, 3.63) is 17.1 Å². The summed E-state index contributed by atoms with van der Waals surface area (Å²) in [6.45, 7) is 5.48. The van der Waals surface area contributed by atoms with Crippen LogP contribution in [0.3, 0.4) is 0 Å². The van der Waals surface area contributed by atoms with Gasteiger partial charge < -0.3 is 5.32 Å². The fraction of sp³-hybridized carbons (Fsp3) is 0.692. The van der Waals surface area contributed by atoms with Gasteiger partial charge in [-0.25, -0.2) is 9.97 Å². The van der Waals surface area contributed by atoms with E-state index in [1.54, 1.807) is 0 Å². The number of hydrogen-bond donors (Lipinski definition) is 1. The molecular formula is C13H19N3S. The van der Waals surface area contributed by atoms with E-state index in [2.05, 4.69) is 19.2 Å². The van der Waals surface area contributed by atoms with Crippen molar-refractivity contribution in [1.82, 2.24) is 9.97 Å². The first-order chi connectivity index (χ1) is 8.29. The molecule has 92 valence electrons. The monoisotopic (exact) mass is 249 g/mol. The van der Waals surface area contributed by atoms with Crippen LogP contribution >= 0.6 is 11.8 Å². The average molecular weight is 249 g/mol. The molecule has 17 heavy (non-hydrogen) atoms. The Morgan fingerprint density at radius 3 is 2.88 bits per heavy atom. The normalized spacial score (nSPS) is 25.8. The van der Waals surface area contributed by atoms with Gasteiger partial charge >= 0.3 is 0 Å². The Hall–Kier alpha value is -0.770. The van der Waals surface area contributed by atoms with E-state index in [9.17, 15) is 0 Å². The van der Waals surface area contributed by atoms with Crippen LogP contribution in [-0.2, 0) is 11.5 Å². The molecule has 1 N–H and O–H groups in total. The molecule has 0 aromatic carbocycles. The van der Waals surface area contributed by atoms with E-state index in [1.807, 2.05) is 11.8 Å². The molecule has 1 aliphatic carbocycles. The number of nitrogens with one attached hydrogen (secondary N) is 1. The SMILES string of the molecule is CCCNc1nc(C2CC2C)nc2c1CSC2. The fourth-order valence-corrected chi connectivity index (χ4v) is 3.35. The van der Waals surface area contributed by atoms with Crippen molar-refractivity contribution in [2.75, 3.05) is 11.9 Å². The predicted octanol–water partition coefficient (Wildman–Crippen LogP) is 3.17. The predicted molar refractivity (Wildman–Crippen MR) is 72.3 cm³/mol. The molecule has 2 heterocycles. The highest BCUT2D eigenvalue weighted by molar-refractivity contribution is 7.98. The van der Waals surface area contributed by atoms with Gasteiger partial charge in [0.2, 0.25) is 0 Å². The molecule has 1 fully saturated rings. The van der Waals surface area contributed by atoms with Gasteiger partial charge in [0.1, 0.15) is 11.6 Å². The number of anilines is 1. The third kappa shape index (κ3) is 2.15. The summed E-state index contributed by atoms with van der Waals surface area (Å²) in [5.74, 6) is 5.72. The molecule has 0 bridgehead atoms. The lowest BCUT2D eigenvalue weighted by molar-refractivity contribution is 0.824. The Labute approximate surface area is 107 Å². The van der Waals surface area contributed by atoms with Crippen molar-refractivity contribution in [1.29, 1.82) is 0 Å². The van der Waals surface area contributed by atoms with Crippen LogP contribution in [0.2, 0.25) is 0 Å². The smallest absolute Gasteiger partial charge is 0.134 e. The van der Waals surface area contributed by atoms with Crippen LogP contribution in [0.1, 0.15) is 49.7 Å². The molecule has 0 spiro atoms. The number of rotatable bonds is 4. The number of nitrogens with zero attached hydrogens (tertiary/aromatic N) is 2. The molecule has 1 aromatic heterocycles. The minimum Gasteiger partial charge on any atom is -0.370 e. The summed E-state index contributed by atoms with van der Waals surface area (Å²) in [7, 11) is 0. The Kier molecular flexibility index (Phi) is 2.99. The van der Waals surface area contributed by atoms with Gasteiger partial charge in [-0.2, -0.15) is 11.8 Å². The van der Waals surface area contributed by atoms with E-state index in [-0.39, 0.29) is 0 Å². The topological polar surface area (TPSA) is 37.8 Å². The Bertz CT molecular complexity index is 433. The largest absolute Gasteiger partial charge is 0.370 e. The summed E-state index contributed by atoms with van der Waals surface area (Å²) in [6, 6.07) is 0. The van der Waals surface area contributed by atoms with Crippen molar-refractivity contribution >= 4 is 17.6 Å². The zero-order valence-electron chi connectivity index (χ0n) is 10.5. The molecule has 3 rings (SSSR count). The summed E-state index contributed by atoms with van der Waals surface area (Å²) in [5.41, 5.74) is 2.62. The zero-order chi connectivity index (χ0) is 11.8. The van der Waals surface area contributed by atoms with Crippen molar-refractivity contribution < 1.29 is 0 Å². The van der Waals surface area contributed by atoms with E-state index < -0.39 is 0 Å². The van der Waals surface area contributed by atoms with Crippen molar-refractivity contribution in [2.45, 2.75) is 44.1 Å². The van der Waals surface area contributed by atoms with Gasteiger partial charge in [0.15, 0.2) is 0 Å². The van der Waals surface area contributed by atoms with Crippen LogP contribution in [-0.4, -0.2) is 16.5 Å². The van der Waals surface area contributed by atoms with Gasteiger partial charge in [-0.05, 0) is 18.8 Å². The highest BCUT2D eigenvalue weighted by Gasteiger charge is 2.37. The van der Waals surface area contributed by atoms with Crippen LogP contribution in [0.5, 0.6) is 0 Å². The van der Waals surface area contributed by atoms with Crippen LogP contribution in [0.15, 0.2) is 0 Å². The minimum absolute atomic E-state index is 0.619. The Morgan fingerprint density at radius 2 is 2.18 bits per heavy atom. The summed E-state index contributed by atoms with van der Waals surface area (Å²) >= 11 is 1.95. The average Bonchev–Trinajstić information content (AvgIpc) is 2.88. The third-order valence-electron chi connectivity index (χ3n) is 3.58. The van der Waals surface area contributed by atoms with Crippen LogP contribution < -0.4 is 5.32 Å². The zero-order valence-corrected chi connectivity index (χ0v) is 11.3. The summed E-state index contributed by atoms with van der Waals surface area (Å²) in [4.78, 5) is 9.52. The molecule has 3 nitrogen and oxygen atoms in total. The van der Waals surface area contributed by atoms with Gasteiger partial charge in [0.25, 0.3) is 0 Å². The van der Waals surface area contributed by atoms with Crippen molar-refractivity contribution in [2.24, 2.45) is 5.92 Å². The highest BCUT2D eigenvalue weighted by Crippen LogP contribution is 2.46. The molecular weight excluding hydrogens is 230 g/mol. The van der Waals surface area contributed by atoms with Crippen LogP contribution in [0, 0.1) is 5.92 Å². The van der Waals surface area contributed by atoms with Gasteiger partial charge in [-0.3, -0.25) is 0 Å². The summed E-state index contributed by atoms with van der Waals surface area (Å²) in [5, 5.41) is 3.47. The summed E-state index contributed by atoms with van der Waals surface area (Å²) in [6.07, 6.45) is 2.40. The number of fused-ring (bicyclic) bond motifs is 1. The first-order valence-corrected chi connectivity index (χ1v) is 7.66. The summed E-state index contributed by atoms with van der Waals surface area (Å²) < 4.78 is 0. The first kappa shape index (κ1) is 11.3. The van der Waals surface area contributed by atoms with Gasteiger partial charge in [0, 0.05) is 29.5 Å². The maximum Gasteiger partial charge on any atom is 0.134 e. The van der Waals surface area contributed by atoms with E-state index in [0.717, 1.165) is 42.0 Å². The van der Waals surface area contributed by atoms with Crippen molar-refractivity contribution in [3.63, 3.8) is 0 Å². The second kappa shape index (κ2) is 4.48. The highest BCUT2D eigenvalue weighted by atomic mass is 32.2. The maximum absolute atomic E-state index is 4.76. The molecule has 4 heteroatoms. The standard InChI is InChI=1S/C13H19N3S/c1-3-4-14-12-10-6-17-7-11(10)15-13(16-12)9-5-8(9)2/h8-9H,3-7H2,1-2H3,(H,14,15,16). The third-order valence-corrected chi connectivity index (χ3v) is 4.55. The molecule has 0 radical (unpaired) electrons. The minimum atomic E-state index is 0.619. The number of aromatic nitrogens is 2. The molecule has 2 unspecified atom stereocenters. The Morgan fingerprint density at radius 1 is 1.35 bits per heavy atom. The quantitative estimate of drug-likeness (QED) is 0.889. The number of thioether (sulfide) groups is 1. The lowest BCUT2D eigenvalue weighted by Gasteiger charge is -2.10. The van der Waals surface area contributed by atoms with E-state index in [4.69, 9.17) is 9.97 Å². The van der Waals surface area contributed by atoms with Crippen LogP contribution in [0.25, 0.3) is 0 Å². The van der Waals surface area contributed by atoms with E-state index >= 15 is 0 Å². The lowest BCUT2D eigenvalue weighted by Crippen LogP contribution is -2.09. The van der Waals surface area contributed by atoms with Gasteiger partial charge in [0.05, 0.1) is 5.69 Å². The number of hydrogen-bond acceptors (Lipinski definition) is 4. The second-order valence-corrected chi connectivity index (χ2v) is 6.08. The molecule has 0 amide bonds. The van der Waals surface area contributed by atoms with Gasteiger partial charge in [-0.1, -0.05) is 13.8 Å². The molecule has 2 aliphatic rings. The maximum atomic E-state index is 4.76. The second-order valence-electron chi connectivity index (χ2n) is 5.09. The van der Waals surface area contributed by atoms with E-state index in [1.165, 1.54) is 17.7 Å². The van der Waals surface area contributed by atoms with Crippen LogP contribution in [0.4, 0.5) is 5.82 Å². The molecule has 1 aromatic rings. The fourth-order valence-electron chi connectivity index (χ4n) is 2.31.